The number of aromatic nitrogens is 5. The molecule has 0 bridgehead atoms. The van der Waals surface area contributed by atoms with E-state index >= 15 is 0 Å². The molecule has 2 aromatic heterocycles. The number of nitrogens with zero attached hydrogens (tertiary/aromatic N) is 6. The summed E-state index contributed by atoms with van der Waals surface area (Å²) in [5.74, 6) is 1.53. The van der Waals surface area contributed by atoms with Crippen LogP contribution in [0, 0.1) is 19.8 Å². The lowest BCUT2D eigenvalue weighted by Crippen LogP contribution is -2.50. The standard InChI is InChI=1S/C18H24N6O2/c1-12-7-16(20-13(2)19-12)18(25)23-8-14(9-23)3-5-24-10-17(21-22-24)15-4-6-26-11-15/h7,10,14-15H,3-6,8-9,11H2,1-2H3. The van der Waals surface area contributed by atoms with Gasteiger partial charge in [-0.15, -0.1) is 5.10 Å². The molecule has 8 heteroatoms. The summed E-state index contributed by atoms with van der Waals surface area (Å²) in [5.41, 5.74) is 2.35. The Labute approximate surface area is 152 Å². The summed E-state index contributed by atoms with van der Waals surface area (Å²) in [6.45, 7) is 7.65. The van der Waals surface area contributed by atoms with Crippen LogP contribution in [-0.2, 0) is 11.3 Å². The zero-order valence-electron chi connectivity index (χ0n) is 15.3. The minimum absolute atomic E-state index is 0.000810. The Bertz CT molecular complexity index is 772. The third kappa shape index (κ3) is 3.60. The molecule has 0 aromatic carbocycles. The third-order valence-electron chi connectivity index (χ3n) is 5.10. The molecule has 8 nitrogen and oxygen atoms in total. The van der Waals surface area contributed by atoms with Gasteiger partial charge in [-0.25, -0.2) is 9.97 Å². The van der Waals surface area contributed by atoms with E-state index in [1.807, 2.05) is 29.6 Å². The van der Waals surface area contributed by atoms with E-state index in [9.17, 15) is 4.79 Å². The number of ether oxygens (including phenoxy) is 1. The van der Waals surface area contributed by atoms with Crippen LogP contribution in [0.4, 0.5) is 0 Å². The van der Waals surface area contributed by atoms with Gasteiger partial charge in [-0.05, 0) is 38.7 Å². The molecule has 0 saturated carbocycles. The van der Waals surface area contributed by atoms with Crippen molar-refractivity contribution in [1.82, 2.24) is 29.9 Å². The van der Waals surface area contributed by atoms with Crippen molar-refractivity contribution >= 4 is 5.91 Å². The van der Waals surface area contributed by atoms with Crippen LogP contribution in [0.2, 0.25) is 0 Å². The zero-order valence-corrected chi connectivity index (χ0v) is 15.3. The van der Waals surface area contributed by atoms with Crippen LogP contribution in [0.25, 0.3) is 0 Å². The van der Waals surface area contributed by atoms with Gasteiger partial charge in [-0.1, -0.05) is 5.21 Å². The van der Waals surface area contributed by atoms with Gasteiger partial charge in [0.05, 0.1) is 12.3 Å². The number of carbonyl (C=O) groups excluding carboxylic acids is 1. The SMILES string of the molecule is Cc1cc(C(=O)N2CC(CCn3cc(C4CCOC4)nn3)C2)nc(C)n1. The average molecular weight is 356 g/mol. The van der Waals surface area contributed by atoms with E-state index < -0.39 is 0 Å². The summed E-state index contributed by atoms with van der Waals surface area (Å²) in [4.78, 5) is 22.8. The maximum absolute atomic E-state index is 12.5. The van der Waals surface area contributed by atoms with Crippen molar-refractivity contribution in [3.05, 3.63) is 35.2 Å². The number of amides is 1. The normalized spacial score (nSPS) is 20.4. The van der Waals surface area contributed by atoms with Crippen molar-refractivity contribution in [1.29, 1.82) is 0 Å². The molecule has 1 atom stereocenters. The van der Waals surface area contributed by atoms with Crippen molar-refractivity contribution < 1.29 is 9.53 Å². The van der Waals surface area contributed by atoms with Crippen LogP contribution >= 0.6 is 0 Å². The lowest BCUT2D eigenvalue weighted by Gasteiger charge is -2.39. The van der Waals surface area contributed by atoms with Crippen molar-refractivity contribution in [2.24, 2.45) is 5.92 Å². The number of likely N-dealkylation sites (tertiary alicyclic amines) is 1. The number of aryl methyl sites for hydroxylation is 3. The molecule has 1 unspecified atom stereocenters. The van der Waals surface area contributed by atoms with E-state index in [0.717, 1.165) is 57.1 Å². The third-order valence-corrected chi connectivity index (χ3v) is 5.10. The Balaban J connectivity index is 1.25. The molecular weight excluding hydrogens is 332 g/mol. The van der Waals surface area contributed by atoms with E-state index in [1.165, 1.54) is 0 Å². The number of hydrogen-bond donors (Lipinski definition) is 0. The summed E-state index contributed by atoms with van der Waals surface area (Å²) >= 11 is 0. The predicted octanol–water partition coefficient (Wildman–Crippen LogP) is 1.35. The van der Waals surface area contributed by atoms with Crippen LogP contribution in [0.15, 0.2) is 12.3 Å². The first-order valence-electron chi connectivity index (χ1n) is 9.18. The second kappa shape index (κ2) is 7.11. The number of carbonyl (C=O) groups is 1. The monoisotopic (exact) mass is 356 g/mol. The van der Waals surface area contributed by atoms with Gasteiger partial charge in [-0.3, -0.25) is 9.48 Å². The maximum atomic E-state index is 12.5. The van der Waals surface area contributed by atoms with E-state index in [1.54, 1.807) is 6.07 Å². The topological polar surface area (TPSA) is 86.0 Å². The van der Waals surface area contributed by atoms with Crippen LogP contribution in [0.5, 0.6) is 0 Å². The van der Waals surface area contributed by atoms with Gasteiger partial charge >= 0.3 is 0 Å². The van der Waals surface area contributed by atoms with Crippen LogP contribution in [0.3, 0.4) is 0 Å². The highest BCUT2D eigenvalue weighted by Crippen LogP contribution is 2.24. The molecule has 2 aliphatic rings. The molecule has 4 rings (SSSR count). The Morgan fingerprint density at radius 2 is 2.15 bits per heavy atom. The second-order valence-electron chi connectivity index (χ2n) is 7.27. The van der Waals surface area contributed by atoms with Crippen molar-refractivity contribution in [2.45, 2.75) is 39.2 Å². The van der Waals surface area contributed by atoms with Crippen molar-refractivity contribution in [3.8, 4) is 0 Å². The molecule has 0 aliphatic carbocycles. The Morgan fingerprint density at radius 1 is 1.31 bits per heavy atom. The first kappa shape index (κ1) is 17.1. The molecular formula is C18H24N6O2. The highest BCUT2D eigenvalue weighted by atomic mass is 16.5. The smallest absolute Gasteiger partial charge is 0.272 e. The van der Waals surface area contributed by atoms with Gasteiger partial charge in [0, 0.05) is 44.0 Å². The number of rotatable bonds is 5. The summed E-state index contributed by atoms with van der Waals surface area (Å²) < 4.78 is 7.32. The second-order valence-corrected chi connectivity index (χ2v) is 7.27. The van der Waals surface area contributed by atoms with Gasteiger partial charge in [-0.2, -0.15) is 0 Å². The minimum Gasteiger partial charge on any atom is -0.381 e. The van der Waals surface area contributed by atoms with Gasteiger partial charge < -0.3 is 9.64 Å². The molecule has 2 aliphatic heterocycles. The fraction of sp³-hybridized carbons (Fsp3) is 0.611. The maximum Gasteiger partial charge on any atom is 0.272 e. The molecule has 4 heterocycles. The number of hydrogen-bond acceptors (Lipinski definition) is 6. The van der Waals surface area contributed by atoms with Gasteiger partial charge in [0.1, 0.15) is 11.5 Å². The lowest BCUT2D eigenvalue weighted by atomic mass is 9.96. The Morgan fingerprint density at radius 3 is 2.88 bits per heavy atom. The van der Waals surface area contributed by atoms with Crippen LogP contribution in [0.1, 0.15) is 46.5 Å². The molecule has 2 fully saturated rings. The van der Waals surface area contributed by atoms with Crippen molar-refractivity contribution in [2.75, 3.05) is 26.3 Å². The van der Waals surface area contributed by atoms with Crippen LogP contribution < -0.4 is 0 Å². The lowest BCUT2D eigenvalue weighted by molar-refractivity contribution is 0.0468. The molecule has 26 heavy (non-hydrogen) atoms. The van der Waals surface area contributed by atoms with E-state index in [-0.39, 0.29) is 5.91 Å². The summed E-state index contributed by atoms with van der Waals surface area (Å²) in [5, 5.41) is 8.50. The fourth-order valence-electron chi connectivity index (χ4n) is 3.60. The van der Waals surface area contributed by atoms with Gasteiger partial charge in [0.25, 0.3) is 5.91 Å². The Kier molecular flexibility index (Phi) is 4.67. The van der Waals surface area contributed by atoms with Crippen LogP contribution in [-0.4, -0.2) is 62.1 Å². The van der Waals surface area contributed by atoms with Crippen molar-refractivity contribution in [3.63, 3.8) is 0 Å². The highest BCUT2D eigenvalue weighted by Gasteiger charge is 2.32. The first-order valence-corrected chi connectivity index (χ1v) is 9.18. The Hall–Kier alpha value is -2.35. The summed E-state index contributed by atoms with van der Waals surface area (Å²) in [6.07, 6.45) is 4.06. The predicted molar refractivity (Wildman–Crippen MR) is 93.7 cm³/mol. The molecule has 0 radical (unpaired) electrons. The molecule has 0 spiro atoms. The highest BCUT2D eigenvalue weighted by molar-refractivity contribution is 5.92. The molecule has 2 aromatic rings. The summed E-state index contributed by atoms with van der Waals surface area (Å²) in [7, 11) is 0. The fourth-order valence-corrected chi connectivity index (χ4v) is 3.60. The largest absolute Gasteiger partial charge is 0.381 e. The average Bonchev–Trinajstić information content (AvgIpc) is 3.23. The van der Waals surface area contributed by atoms with E-state index in [0.29, 0.717) is 23.4 Å². The first-order chi connectivity index (χ1) is 12.6. The van der Waals surface area contributed by atoms with Gasteiger partial charge in [0.2, 0.25) is 0 Å². The quantitative estimate of drug-likeness (QED) is 0.804. The zero-order chi connectivity index (χ0) is 18.1. The molecule has 1 amide bonds. The molecule has 2 saturated heterocycles. The molecule has 138 valence electrons. The van der Waals surface area contributed by atoms with Gasteiger partial charge in [0.15, 0.2) is 0 Å². The van der Waals surface area contributed by atoms with E-state index in [2.05, 4.69) is 20.3 Å². The summed E-state index contributed by atoms with van der Waals surface area (Å²) in [6, 6.07) is 1.76. The molecule has 0 N–H and O–H groups in total. The van der Waals surface area contributed by atoms with E-state index in [4.69, 9.17) is 4.74 Å². The minimum atomic E-state index is -0.000810.